The van der Waals surface area contributed by atoms with E-state index >= 15 is 0 Å². The number of fused-ring (bicyclic) bond motifs is 14. The van der Waals surface area contributed by atoms with E-state index in [0.29, 0.717) is 5.46 Å². The molecule has 252 valence electrons. The molecular formula is C49H35BFNO. The number of hydrogen-bond acceptors (Lipinski definition) is 2. The smallest absolute Gasteiger partial charge is 0.132 e. The van der Waals surface area contributed by atoms with Gasteiger partial charge in [0.2, 0.25) is 0 Å². The number of hydrogen-bond donors (Lipinski definition) is 0. The SMILES string of the molecule is [B]c1ccc2c(c1)C1(c3ccccc3Oc3ccccc31)c1cc3c(cc1N2c1ccc2c(c1)C(C)(C)c1ccccc1-2)C(C)(C)c1cc(F)ccc1-3. The lowest BCUT2D eigenvalue weighted by molar-refractivity contribution is 0.434. The van der Waals surface area contributed by atoms with Crippen molar-refractivity contribution in [2.45, 2.75) is 43.9 Å². The summed E-state index contributed by atoms with van der Waals surface area (Å²) >= 11 is 0. The van der Waals surface area contributed by atoms with Crippen molar-refractivity contribution in [3.05, 3.63) is 190 Å². The molecule has 1 spiro atoms. The zero-order valence-corrected chi connectivity index (χ0v) is 30.1. The third-order valence-corrected chi connectivity index (χ3v) is 12.7. The van der Waals surface area contributed by atoms with Gasteiger partial charge in [-0.05, 0) is 110 Å². The molecule has 7 aromatic rings. The maximum Gasteiger partial charge on any atom is 0.132 e. The molecule has 2 heterocycles. The first kappa shape index (κ1) is 30.7. The van der Waals surface area contributed by atoms with Gasteiger partial charge in [0.15, 0.2) is 0 Å². The van der Waals surface area contributed by atoms with Gasteiger partial charge in [-0.2, -0.15) is 0 Å². The van der Waals surface area contributed by atoms with Crippen molar-refractivity contribution in [2.24, 2.45) is 0 Å². The molecule has 4 heteroatoms. The fraction of sp³-hybridized carbons (Fsp3) is 0.143. The summed E-state index contributed by atoms with van der Waals surface area (Å²) in [5, 5.41) is 0. The second kappa shape index (κ2) is 10.2. The molecule has 0 saturated heterocycles. The van der Waals surface area contributed by atoms with Crippen LogP contribution < -0.4 is 15.1 Å². The normalized spacial score (nSPS) is 16.7. The van der Waals surface area contributed by atoms with Crippen molar-refractivity contribution in [2.75, 3.05) is 4.90 Å². The van der Waals surface area contributed by atoms with Gasteiger partial charge in [-0.25, -0.2) is 4.39 Å². The van der Waals surface area contributed by atoms with Crippen LogP contribution in [-0.4, -0.2) is 7.85 Å². The molecule has 0 saturated carbocycles. The van der Waals surface area contributed by atoms with Crippen LogP contribution in [0.25, 0.3) is 22.3 Å². The van der Waals surface area contributed by atoms with Crippen LogP contribution in [0.15, 0.2) is 140 Å². The lowest BCUT2D eigenvalue weighted by Crippen LogP contribution is -2.40. The molecule has 0 aromatic heterocycles. The van der Waals surface area contributed by atoms with Crippen molar-refractivity contribution in [3.8, 4) is 33.8 Å². The highest BCUT2D eigenvalue weighted by Gasteiger charge is 2.53. The molecule has 0 N–H and O–H groups in total. The number of anilines is 3. The van der Waals surface area contributed by atoms with Gasteiger partial charge in [0.25, 0.3) is 0 Å². The molecule has 53 heavy (non-hydrogen) atoms. The lowest BCUT2D eigenvalue weighted by atomic mass is 9.60. The summed E-state index contributed by atoms with van der Waals surface area (Å²) in [4.78, 5) is 2.44. The van der Waals surface area contributed by atoms with Crippen molar-refractivity contribution in [1.29, 1.82) is 0 Å². The van der Waals surface area contributed by atoms with Gasteiger partial charge in [0, 0.05) is 27.6 Å². The monoisotopic (exact) mass is 683 g/mol. The predicted octanol–water partition coefficient (Wildman–Crippen LogP) is 11.5. The van der Waals surface area contributed by atoms with Crippen LogP contribution in [0.5, 0.6) is 11.5 Å². The molecule has 4 aliphatic rings. The Morgan fingerprint density at radius 2 is 1.04 bits per heavy atom. The van der Waals surface area contributed by atoms with E-state index in [0.717, 1.165) is 67.5 Å². The molecule has 0 bridgehead atoms. The Labute approximate surface area is 310 Å². The minimum atomic E-state index is -0.768. The molecule has 2 radical (unpaired) electrons. The highest BCUT2D eigenvalue weighted by atomic mass is 19.1. The Balaban J connectivity index is 1.29. The molecule has 0 unspecified atom stereocenters. The maximum absolute atomic E-state index is 15.0. The third-order valence-electron chi connectivity index (χ3n) is 12.7. The summed E-state index contributed by atoms with van der Waals surface area (Å²) in [6, 6.07) is 49.0. The van der Waals surface area contributed by atoms with Gasteiger partial charge >= 0.3 is 0 Å². The fourth-order valence-electron chi connectivity index (χ4n) is 10.2. The van der Waals surface area contributed by atoms with Crippen LogP contribution in [0.4, 0.5) is 21.5 Å². The maximum atomic E-state index is 15.0. The van der Waals surface area contributed by atoms with E-state index in [-0.39, 0.29) is 11.2 Å². The Hall–Kier alpha value is -5.87. The summed E-state index contributed by atoms with van der Waals surface area (Å²) in [6.45, 7) is 9.10. The van der Waals surface area contributed by atoms with Crippen molar-refractivity contribution < 1.29 is 9.13 Å². The first-order valence-electron chi connectivity index (χ1n) is 18.4. The molecule has 2 nitrogen and oxygen atoms in total. The fourth-order valence-corrected chi connectivity index (χ4v) is 10.2. The quantitative estimate of drug-likeness (QED) is 0.160. The summed E-state index contributed by atoms with van der Waals surface area (Å²) in [6.07, 6.45) is 0. The van der Waals surface area contributed by atoms with E-state index in [9.17, 15) is 4.39 Å². The van der Waals surface area contributed by atoms with Crippen LogP contribution in [0.3, 0.4) is 0 Å². The standard InChI is InChI=1S/C49H35BFNO/c1-47(2)35-12-6-5-11-31(35)32-21-19-30(25-39(32)47)52-43-22-17-28(50)23-41(43)49(36-13-7-9-15-45(36)53-46-16-10-8-14-37(46)49)42-26-34-33-20-18-29(51)24-38(33)48(3,4)40(34)27-44(42)52/h5-27H,1-4H3. The highest BCUT2D eigenvalue weighted by molar-refractivity contribution is 6.32. The van der Waals surface area contributed by atoms with Gasteiger partial charge in [-0.3, -0.25) is 0 Å². The zero-order valence-electron chi connectivity index (χ0n) is 30.1. The van der Waals surface area contributed by atoms with E-state index in [1.54, 1.807) is 12.1 Å². The molecule has 2 aliphatic carbocycles. The van der Waals surface area contributed by atoms with Gasteiger partial charge in [-0.15, -0.1) is 0 Å². The Morgan fingerprint density at radius 1 is 0.472 bits per heavy atom. The van der Waals surface area contributed by atoms with E-state index < -0.39 is 10.8 Å². The van der Waals surface area contributed by atoms with Crippen molar-refractivity contribution in [1.82, 2.24) is 0 Å². The molecule has 0 atom stereocenters. The third kappa shape index (κ3) is 3.78. The number of rotatable bonds is 1. The van der Waals surface area contributed by atoms with Crippen LogP contribution in [-0.2, 0) is 16.2 Å². The summed E-state index contributed by atoms with van der Waals surface area (Å²) < 4.78 is 21.7. The van der Waals surface area contributed by atoms with Crippen molar-refractivity contribution >= 4 is 30.4 Å². The lowest BCUT2D eigenvalue weighted by Gasteiger charge is -2.49. The number of nitrogens with zero attached hydrogens (tertiary/aromatic N) is 1. The van der Waals surface area contributed by atoms with E-state index in [1.807, 2.05) is 24.3 Å². The van der Waals surface area contributed by atoms with Crippen LogP contribution >= 0.6 is 0 Å². The molecular weight excluding hydrogens is 648 g/mol. The molecule has 2 aliphatic heterocycles. The minimum absolute atomic E-state index is 0.171. The first-order valence-corrected chi connectivity index (χ1v) is 18.4. The summed E-state index contributed by atoms with van der Waals surface area (Å²) in [5.41, 5.74) is 16.5. The Kier molecular flexibility index (Phi) is 5.90. The molecule has 7 aromatic carbocycles. The van der Waals surface area contributed by atoms with Gasteiger partial charge in [-0.1, -0.05) is 118 Å². The van der Waals surface area contributed by atoms with E-state index in [1.165, 1.54) is 27.8 Å². The first-order chi connectivity index (χ1) is 25.6. The topological polar surface area (TPSA) is 12.5 Å². The second-order valence-corrected chi connectivity index (χ2v) is 16.1. The number of para-hydroxylation sites is 2. The summed E-state index contributed by atoms with van der Waals surface area (Å²) in [7, 11) is 6.79. The predicted molar refractivity (Wildman–Crippen MR) is 214 cm³/mol. The van der Waals surface area contributed by atoms with Gasteiger partial charge < -0.3 is 9.64 Å². The number of halogens is 1. The second-order valence-electron chi connectivity index (χ2n) is 16.1. The van der Waals surface area contributed by atoms with Crippen LogP contribution in [0.1, 0.15) is 72.2 Å². The summed E-state index contributed by atoms with van der Waals surface area (Å²) in [5.74, 6) is 1.42. The van der Waals surface area contributed by atoms with Crippen molar-refractivity contribution in [3.63, 3.8) is 0 Å². The van der Waals surface area contributed by atoms with Gasteiger partial charge in [0.05, 0.1) is 16.8 Å². The molecule has 11 rings (SSSR count). The highest BCUT2D eigenvalue weighted by Crippen LogP contribution is 2.65. The molecule has 0 fully saturated rings. The van der Waals surface area contributed by atoms with E-state index in [2.05, 4.69) is 136 Å². The average Bonchev–Trinajstić information content (AvgIpc) is 3.52. The minimum Gasteiger partial charge on any atom is -0.457 e. The van der Waals surface area contributed by atoms with Crippen LogP contribution in [0, 0.1) is 5.82 Å². The van der Waals surface area contributed by atoms with Gasteiger partial charge in [0.1, 0.15) is 25.2 Å². The Bertz CT molecular complexity index is 2710. The van der Waals surface area contributed by atoms with E-state index in [4.69, 9.17) is 12.6 Å². The number of benzene rings is 7. The largest absolute Gasteiger partial charge is 0.457 e. The average molecular weight is 684 g/mol. The zero-order chi connectivity index (χ0) is 36.0. The molecule has 0 amide bonds. The van der Waals surface area contributed by atoms with Crippen LogP contribution in [0.2, 0.25) is 0 Å². The number of ether oxygens (including phenoxy) is 1. The Morgan fingerprint density at radius 3 is 1.79 bits per heavy atom.